The van der Waals surface area contributed by atoms with Crippen LogP contribution in [0, 0.1) is 0 Å². The highest BCUT2D eigenvalue weighted by atomic mass is 79.9. The van der Waals surface area contributed by atoms with Gasteiger partial charge in [-0.25, -0.2) is 9.97 Å². The molecule has 1 aromatic heterocycles. The number of halogens is 1. The lowest BCUT2D eigenvalue weighted by Gasteiger charge is -2.01. The minimum atomic E-state index is 0.109. The smallest absolute Gasteiger partial charge is 0.195 e. The van der Waals surface area contributed by atoms with Crippen molar-refractivity contribution in [2.24, 2.45) is 0 Å². The Labute approximate surface area is 88.3 Å². The molecule has 1 heterocycles. The Morgan fingerprint density at radius 2 is 2.14 bits per heavy atom. The minimum absolute atomic E-state index is 0.109. The number of fused-ring (bicyclic) bond motifs is 1. The second kappa shape index (κ2) is 3.34. The Kier molecular flexibility index (Phi) is 2.17. The zero-order valence-electron chi connectivity index (χ0n) is 7.07. The van der Waals surface area contributed by atoms with Crippen molar-refractivity contribution in [3.05, 3.63) is 28.5 Å². The molecule has 0 unspecified atom stereocenters. The molecule has 0 amide bonds. The summed E-state index contributed by atoms with van der Waals surface area (Å²) in [6.07, 6.45) is 0.581. The number of nitrogens with two attached hydrogens (primary N) is 1. The molecule has 4 nitrogen and oxygen atoms in total. The summed E-state index contributed by atoms with van der Waals surface area (Å²) in [4.78, 5) is 18.3. The van der Waals surface area contributed by atoms with Crippen LogP contribution in [0.2, 0.25) is 0 Å². The zero-order valence-corrected chi connectivity index (χ0v) is 8.65. The Morgan fingerprint density at radius 3 is 2.86 bits per heavy atom. The molecular formula is C9H6BrN3O. The summed E-state index contributed by atoms with van der Waals surface area (Å²) in [5.74, 6) is 0.427. The molecule has 0 bridgehead atoms. The van der Waals surface area contributed by atoms with Gasteiger partial charge in [0.25, 0.3) is 0 Å². The maximum Gasteiger partial charge on any atom is 0.195 e. The van der Waals surface area contributed by atoms with Crippen molar-refractivity contribution in [1.29, 1.82) is 0 Å². The summed E-state index contributed by atoms with van der Waals surface area (Å²) in [7, 11) is 0. The van der Waals surface area contributed by atoms with E-state index in [0.29, 0.717) is 17.6 Å². The molecule has 14 heavy (non-hydrogen) atoms. The molecule has 0 aliphatic rings. The average Bonchev–Trinajstić information content (AvgIpc) is 2.19. The number of nitrogen functional groups attached to an aromatic ring is 1. The number of aromatic nitrogens is 2. The van der Waals surface area contributed by atoms with E-state index < -0.39 is 0 Å². The van der Waals surface area contributed by atoms with Gasteiger partial charge in [0.2, 0.25) is 0 Å². The second-order valence-corrected chi connectivity index (χ2v) is 3.66. The lowest BCUT2D eigenvalue weighted by Crippen LogP contribution is -1.99. The number of nitrogens with zero attached hydrogens (tertiary/aromatic N) is 2. The van der Waals surface area contributed by atoms with Crippen LogP contribution in [0.4, 0.5) is 5.82 Å². The number of rotatable bonds is 1. The Hall–Kier alpha value is -1.49. The fraction of sp³-hybridized carbons (Fsp3) is 0. The summed E-state index contributed by atoms with van der Waals surface area (Å²) in [5, 5.41) is 0.741. The van der Waals surface area contributed by atoms with Crippen molar-refractivity contribution in [2.45, 2.75) is 0 Å². The van der Waals surface area contributed by atoms with Crippen molar-refractivity contribution >= 4 is 38.9 Å². The molecule has 0 aliphatic carbocycles. The molecule has 0 fully saturated rings. The van der Waals surface area contributed by atoms with Gasteiger partial charge < -0.3 is 5.73 Å². The van der Waals surface area contributed by atoms with E-state index in [0.717, 1.165) is 9.86 Å². The van der Waals surface area contributed by atoms with Gasteiger partial charge in [0.1, 0.15) is 5.82 Å². The minimum Gasteiger partial charge on any atom is -0.383 e. The topological polar surface area (TPSA) is 68.9 Å². The molecule has 0 radical (unpaired) electrons. The molecule has 0 atom stereocenters. The predicted octanol–water partition coefficient (Wildman–Crippen LogP) is 1.79. The van der Waals surface area contributed by atoms with Crippen LogP contribution in [0.25, 0.3) is 10.9 Å². The van der Waals surface area contributed by atoms with E-state index in [9.17, 15) is 4.79 Å². The molecule has 1 aromatic carbocycles. The van der Waals surface area contributed by atoms with Crippen molar-refractivity contribution in [2.75, 3.05) is 5.73 Å². The Morgan fingerprint density at radius 1 is 1.36 bits per heavy atom. The van der Waals surface area contributed by atoms with Gasteiger partial charge in [0.05, 0.1) is 5.52 Å². The highest BCUT2D eigenvalue weighted by Gasteiger charge is 2.04. The van der Waals surface area contributed by atoms with Crippen molar-refractivity contribution in [3.63, 3.8) is 0 Å². The van der Waals surface area contributed by atoms with Crippen LogP contribution in [0.3, 0.4) is 0 Å². The van der Waals surface area contributed by atoms with Crippen molar-refractivity contribution < 1.29 is 4.79 Å². The van der Waals surface area contributed by atoms with Crippen LogP contribution < -0.4 is 5.73 Å². The molecular weight excluding hydrogens is 246 g/mol. The van der Waals surface area contributed by atoms with Crippen LogP contribution in [0.1, 0.15) is 10.6 Å². The van der Waals surface area contributed by atoms with E-state index in [1.54, 1.807) is 6.07 Å². The Balaban J connectivity index is 2.82. The van der Waals surface area contributed by atoms with E-state index >= 15 is 0 Å². The molecule has 0 saturated heterocycles. The quantitative estimate of drug-likeness (QED) is 0.785. The van der Waals surface area contributed by atoms with Gasteiger partial charge in [-0.2, -0.15) is 0 Å². The summed E-state index contributed by atoms with van der Waals surface area (Å²) in [6.45, 7) is 0. The summed E-state index contributed by atoms with van der Waals surface area (Å²) in [5.41, 5.74) is 6.34. The van der Waals surface area contributed by atoms with Gasteiger partial charge in [0.15, 0.2) is 12.1 Å². The maximum absolute atomic E-state index is 10.5. The number of benzene rings is 1. The standard InChI is InChI=1S/C9H6BrN3O/c10-5-1-2-7-6(3-5)9(11)13-8(4-14)12-7/h1-4H,(H2,11,12,13). The molecule has 5 heteroatoms. The molecule has 2 N–H and O–H groups in total. The third-order valence-electron chi connectivity index (χ3n) is 1.81. The van der Waals surface area contributed by atoms with Crippen LogP contribution in [0.15, 0.2) is 22.7 Å². The fourth-order valence-electron chi connectivity index (χ4n) is 1.20. The molecule has 2 rings (SSSR count). The SMILES string of the molecule is Nc1nc(C=O)nc2ccc(Br)cc12. The molecule has 0 aliphatic heterocycles. The highest BCUT2D eigenvalue weighted by molar-refractivity contribution is 9.10. The van der Waals surface area contributed by atoms with E-state index in [4.69, 9.17) is 5.73 Å². The first-order chi connectivity index (χ1) is 6.70. The summed E-state index contributed by atoms with van der Waals surface area (Å²) < 4.78 is 0.902. The van der Waals surface area contributed by atoms with Gasteiger partial charge in [-0.05, 0) is 18.2 Å². The van der Waals surface area contributed by atoms with Crippen LogP contribution in [0.5, 0.6) is 0 Å². The van der Waals surface area contributed by atoms with E-state index in [2.05, 4.69) is 25.9 Å². The lowest BCUT2D eigenvalue weighted by atomic mass is 10.2. The number of carbonyl (C=O) groups is 1. The van der Waals surface area contributed by atoms with E-state index in [-0.39, 0.29) is 5.82 Å². The summed E-state index contributed by atoms with van der Waals surface area (Å²) in [6, 6.07) is 5.44. The van der Waals surface area contributed by atoms with Crippen LogP contribution in [-0.4, -0.2) is 16.3 Å². The third-order valence-corrected chi connectivity index (χ3v) is 2.30. The van der Waals surface area contributed by atoms with E-state index in [1.807, 2.05) is 12.1 Å². The monoisotopic (exact) mass is 251 g/mol. The molecule has 0 saturated carbocycles. The maximum atomic E-state index is 10.5. The van der Waals surface area contributed by atoms with Crippen molar-refractivity contribution in [3.8, 4) is 0 Å². The first-order valence-corrected chi connectivity index (χ1v) is 4.68. The highest BCUT2D eigenvalue weighted by Crippen LogP contribution is 2.21. The normalized spacial score (nSPS) is 10.4. The van der Waals surface area contributed by atoms with Gasteiger partial charge in [-0.1, -0.05) is 15.9 Å². The molecule has 2 aromatic rings. The van der Waals surface area contributed by atoms with Gasteiger partial charge in [0, 0.05) is 9.86 Å². The van der Waals surface area contributed by atoms with Gasteiger partial charge in [-0.3, -0.25) is 4.79 Å². The first kappa shape index (κ1) is 9.08. The number of carbonyl (C=O) groups excluding carboxylic acids is 1. The average molecular weight is 252 g/mol. The molecule has 70 valence electrons. The third kappa shape index (κ3) is 1.46. The lowest BCUT2D eigenvalue weighted by molar-refractivity contribution is 0.111. The van der Waals surface area contributed by atoms with Gasteiger partial charge in [-0.15, -0.1) is 0 Å². The van der Waals surface area contributed by atoms with Gasteiger partial charge >= 0.3 is 0 Å². The summed E-state index contributed by atoms with van der Waals surface area (Å²) >= 11 is 3.32. The second-order valence-electron chi connectivity index (χ2n) is 2.75. The van der Waals surface area contributed by atoms with E-state index in [1.165, 1.54) is 0 Å². The largest absolute Gasteiger partial charge is 0.383 e. The number of hydrogen-bond acceptors (Lipinski definition) is 4. The zero-order chi connectivity index (χ0) is 10.1. The fourth-order valence-corrected chi connectivity index (χ4v) is 1.56. The first-order valence-electron chi connectivity index (χ1n) is 3.88. The predicted molar refractivity (Wildman–Crippen MR) is 57.0 cm³/mol. The van der Waals surface area contributed by atoms with Crippen molar-refractivity contribution in [1.82, 2.24) is 9.97 Å². The van der Waals surface area contributed by atoms with Crippen LogP contribution >= 0.6 is 15.9 Å². The van der Waals surface area contributed by atoms with Crippen LogP contribution in [-0.2, 0) is 0 Å². The number of aldehydes is 1. The number of hydrogen-bond donors (Lipinski definition) is 1. The molecule has 0 spiro atoms. The number of anilines is 1. The Bertz CT molecular complexity index is 513.